The van der Waals surface area contributed by atoms with Crippen molar-refractivity contribution in [2.75, 3.05) is 11.4 Å². The molecule has 0 saturated heterocycles. The van der Waals surface area contributed by atoms with Crippen LogP contribution in [-0.4, -0.2) is 6.54 Å². The van der Waals surface area contributed by atoms with Gasteiger partial charge in [0.25, 0.3) is 0 Å². The molecule has 0 unspecified atom stereocenters. The monoisotopic (exact) mass is 175 g/mol. The second-order valence-corrected chi connectivity index (χ2v) is 3.22. The van der Waals surface area contributed by atoms with Crippen LogP contribution in [0.3, 0.4) is 0 Å². The van der Waals surface area contributed by atoms with Gasteiger partial charge < -0.3 is 4.90 Å². The third-order valence-electron chi connectivity index (χ3n) is 1.98. The molecule has 0 aliphatic carbocycles. The number of allylic oxidation sites excluding steroid dienone is 1. The van der Waals surface area contributed by atoms with Crippen molar-refractivity contribution in [2.24, 2.45) is 0 Å². The van der Waals surface area contributed by atoms with Crippen LogP contribution >= 0.6 is 0 Å². The van der Waals surface area contributed by atoms with Crippen molar-refractivity contribution in [1.82, 2.24) is 0 Å². The van der Waals surface area contributed by atoms with Crippen LogP contribution in [0, 0.1) is 0 Å². The van der Waals surface area contributed by atoms with E-state index >= 15 is 0 Å². The Labute approximate surface area is 80.7 Å². The van der Waals surface area contributed by atoms with Gasteiger partial charge in [0.05, 0.1) is 0 Å². The molecule has 0 aliphatic rings. The van der Waals surface area contributed by atoms with Crippen LogP contribution in [0.4, 0.5) is 5.69 Å². The lowest BCUT2D eigenvalue weighted by atomic mass is 10.2. The maximum atomic E-state index is 3.98. The van der Waals surface area contributed by atoms with Gasteiger partial charge in [0, 0.05) is 17.9 Å². The Bertz CT molecular complexity index is 264. The largest absolute Gasteiger partial charge is 0.346 e. The van der Waals surface area contributed by atoms with Gasteiger partial charge in [-0.15, -0.1) is 0 Å². The predicted octanol–water partition coefficient (Wildman–Crippen LogP) is 3.44. The molecule has 0 saturated carbocycles. The number of hydrogen-bond acceptors (Lipinski definition) is 1. The van der Waals surface area contributed by atoms with E-state index in [0.717, 1.165) is 18.7 Å². The van der Waals surface area contributed by atoms with Gasteiger partial charge >= 0.3 is 0 Å². The Morgan fingerprint density at radius 2 is 1.92 bits per heavy atom. The summed E-state index contributed by atoms with van der Waals surface area (Å²) in [4.78, 5) is 2.24. The molecule has 1 heteroatoms. The second kappa shape index (κ2) is 4.70. The predicted molar refractivity (Wildman–Crippen MR) is 58.9 cm³/mol. The summed E-state index contributed by atoms with van der Waals surface area (Å²) in [6.45, 7) is 9.24. The lowest BCUT2D eigenvalue weighted by Crippen LogP contribution is -2.20. The first-order valence-corrected chi connectivity index (χ1v) is 4.73. The Kier molecular flexibility index (Phi) is 3.56. The van der Waals surface area contributed by atoms with Gasteiger partial charge in [0.15, 0.2) is 0 Å². The number of nitrogens with zero attached hydrogens (tertiary/aromatic N) is 1. The van der Waals surface area contributed by atoms with Crippen molar-refractivity contribution in [3.63, 3.8) is 0 Å². The minimum atomic E-state index is 1.04. The highest BCUT2D eigenvalue weighted by Crippen LogP contribution is 2.17. The van der Waals surface area contributed by atoms with Crippen LogP contribution in [0.15, 0.2) is 42.6 Å². The van der Waals surface area contributed by atoms with Crippen LogP contribution in [0.5, 0.6) is 0 Å². The lowest BCUT2D eigenvalue weighted by Gasteiger charge is -2.24. The standard InChI is InChI=1S/C12H17N/c1-4-10-13(11(2)3)12-8-6-5-7-9-12/h5-9H,2,4,10H2,1,3H3. The SMILES string of the molecule is C=C(C)N(CCC)c1ccccc1. The molecular formula is C12H17N. The molecule has 0 N–H and O–H groups in total. The van der Waals surface area contributed by atoms with Gasteiger partial charge in [-0.25, -0.2) is 0 Å². The molecule has 1 nitrogen and oxygen atoms in total. The third-order valence-corrected chi connectivity index (χ3v) is 1.98. The van der Waals surface area contributed by atoms with Crippen molar-refractivity contribution in [3.05, 3.63) is 42.6 Å². The number of para-hydroxylation sites is 1. The topological polar surface area (TPSA) is 3.24 Å². The van der Waals surface area contributed by atoms with Crippen molar-refractivity contribution >= 4 is 5.69 Å². The van der Waals surface area contributed by atoms with Crippen molar-refractivity contribution in [1.29, 1.82) is 0 Å². The van der Waals surface area contributed by atoms with E-state index in [4.69, 9.17) is 0 Å². The van der Waals surface area contributed by atoms with Crippen LogP contribution in [0.25, 0.3) is 0 Å². The van der Waals surface area contributed by atoms with E-state index in [1.807, 2.05) is 13.0 Å². The summed E-state index contributed by atoms with van der Waals surface area (Å²) in [5, 5.41) is 0. The van der Waals surface area contributed by atoms with Crippen molar-refractivity contribution in [3.8, 4) is 0 Å². The summed E-state index contributed by atoms with van der Waals surface area (Å²) in [6, 6.07) is 10.4. The number of hydrogen-bond donors (Lipinski definition) is 0. The first kappa shape index (κ1) is 9.85. The Morgan fingerprint density at radius 3 is 2.38 bits per heavy atom. The van der Waals surface area contributed by atoms with E-state index in [1.165, 1.54) is 5.69 Å². The van der Waals surface area contributed by atoms with Gasteiger partial charge in [-0.2, -0.15) is 0 Å². The Morgan fingerprint density at radius 1 is 1.31 bits per heavy atom. The molecule has 0 spiro atoms. The zero-order valence-electron chi connectivity index (χ0n) is 8.46. The summed E-state index contributed by atoms with van der Waals surface area (Å²) in [6.07, 6.45) is 1.14. The maximum Gasteiger partial charge on any atom is 0.0407 e. The van der Waals surface area contributed by atoms with E-state index in [2.05, 4.69) is 42.7 Å². The summed E-state index contributed by atoms with van der Waals surface area (Å²) < 4.78 is 0. The molecule has 0 bridgehead atoms. The smallest absolute Gasteiger partial charge is 0.0407 e. The normalized spacial score (nSPS) is 9.69. The van der Waals surface area contributed by atoms with Crippen LogP contribution in [0.2, 0.25) is 0 Å². The van der Waals surface area contributed by atoms with E-state index in [9.17, 15) is 0 Å². The fourth-order valence-corrected chi connectivity index (χ4v) is 1.37. The highest BCUT2D eigenvalue weighted by Gasteiger charge is 2.03. The molecule has 13 heavy (non-hydrogen) atoms. The summed E-state index contributed by atoms with van der Waals surface area (Å²) in [5.41, 5.74) is 2.34. The van der Waals surface area contributed by atoms with E-state index in [1.54, 1.807) is 0 Å². The first-order chi connectivity index (χ1) is 6.25. The molecular weight excluding hydrogens is 158 g/mol. The fourth-order valence-electron chi connectivity index (χ4n) is 1.37. The van der Waals surface area contributed by atoms with Crippen molar-refractivity contribution in [2.45, 2.75) is 20.3 Å². The number of rotatable bonds is 4. The molecule has 1 aromatic rings. The summed E-state index contributed by atoms with van der Waals surface area (Å²) in [7, 11) is 0. The van der Waals surface area contributed by atoms with E-state index < -0.39 is 0 Å². The first-order valence-electron chi connectivity index (χ1n) is 4.73. The van der Waals surface area contributed by atoms with Gasteiger partial charge in [-0.1, -0.05) is 31.7 Å². The fraction of sp³-hybridized carbons (Fsp3) is 0.333. The molecule has 1 aromatic carbocycles. The maximum absolute atomic E-state index is 3.98. The summed E-state index contributed by atoms with van der Waals surface area (Å²) in [5.74, 6) is 0. The van der Waals surface area contributed by atoms with E-state index in [0.29, 0.717) is 0 Å². The molecule has 0 amide bonds. The molecule has 0 fully saturated rings. The summed E-state index contributed by atoms with van der Waals surface area (Å²) >= 11 is 0. The molecule has 0 atom stereocenters. The average molecular weight is 175 g/mol. The molecule has 0 aliphatic heterocycles. The van der Waals surface area contributed by atoms with Gasteiger partial charge in [0.1, 0.15) is 0 Å². The Balaban J connectivity index is 2.82. The van der Waals surface area contributed by atoms with Gasteiger partial charge in [-0.05, 0) is 25.5 Å². The van der Waals surface area contributed by atoms with E-state index in [-0.39, 0.29) is 0 Å². The van der Waals surface area contributed by atoms with Crippen LogP contribution in [-0.2, 0) is 0 Å². The van der Waals surface area contributed by atoms with Gasteiger partial charge in [-0.3, -0.25) is 0 Å². The highest BCUT2D eigenvalue weighted by molar-refractivity contribution is 5.50. The van der Waals surface area contributed by atoms with Gasteiger partial charge in [0.2, 0.25) is 0 Å². The minimum absolute atomic E-state index is 1.04. The molecule has 70 valence electrons. The average Bonchev–Trinajstić information content (AvgIpc) is 2.15. The molecule has 0 radical (unpaired) electrons. The zero-order chi connectivity index (χ0) is 9.68. The van der Waals surface area contributed by atoms with Crippen molar-refractivity contribution < 1.29 is 0 Å². The molecule has 0 heterocycles. The number of anilines is 1. The second-order valence-electron chi connectivity index (χ2n) is 3.22. The molecule has 1 rings (SSSR count). The van der Waals surface area contributed by atoms with Crippen LogP contribution in [0.1, 0.15) is 20.3 Å². The number of benzene rings is 1. The zero-order valence-corrected chi connectivity index (χ0v) is 8.46. The minimum Gasteiger partial charge on any atom is -0.346 e. The third kappa shape index (κ3) is 2.62. The lowest BCUT2D eigenvalue weighted by molar-refractivity contribution is 0.850. The van der Waals surface area contributed by atoms with Crippen LogP contribution < -0.4 is 4.90 Å². The highest BCUT2D eigenvalue weighted by atomic mass is 15.1. The quantitative estimate of drug-likeness (QED) is 0.677. The molecule has 0 aromatic heterocycles. The Hall–Kier alpha value is -1.24.